The van der Waals surface area contributed by atoms with Crippen LogP contribution in [0.3, 0.4) is 0 Å². The zero-order chi connectivity index (χ0) is 39.7. The average Bonchev–Trinajstić information content (AvgIpc) is 3.86. The molecule has 8 rings (SSSR count). The number of halogens is 3. The molecule has 0 saturated heterocycles. The van der Waals surface area contributed by atoms with Gasteiger partial charge in [0.15, 0.2) is 6.29 Å². The number of nitrogens with one attached hydrogen (secondary N) is 2. The van der Waals surface area contributed by atoms with Crippen molar-refractivity contribution in [1.82, 2.24) is 39.0 Å². The molecule has 0 fully saturated rings. The number of hydrogen-bond donors (Lipinski definition) is 2. The number of imidazole rings is 2. The lowest BCUT2D eigenvalue weighted by molar-refractivity contribution is 0.111. The van der Waals surface area contributed by atoms with E-state index in [4.69, 9.17) is 0 Å². The Labute approximate surface area is 335 Å². The number of rotatable bonds is 11. The number of aldehydes is 1. The summed E-state index contributed by atoms with van der Waals surface area (Å²) in [5.74, 6) is 2.70. The van der Waals surface area contributed by atoms with E-state index in [0.29, 0.717) is 51.6 Å². The molecule has 4 heterocycles. The molecular formula is C43H35BrF2N10O. The molecule has 0 unspecified atom stereocenters. The third-order valence-electron chi connectivity index (χ3n) is 8.79. The van der Waals surface area contributed by atoms with Gasteiger partial charge in [0.25, 0.3) is 0 Å². The zero-order valence-corrected chi connectivity index (χ0v) is 32.3. The Kier molecular flexibility index (Phi) is 11.9. The Morgan fingerprint density at radius 2 is 1.02 bits per heavy atom. The lowest BCUT2D eigenvalue weighted by Crippen LogP contribution is -2.10. The van der Waals surface area contributed by atoms with Gasteiger partial charge in [-0.3, -0.25) is 13.9 Å². The molecule has 14 heteroatoms. The molecule has 2 N–H and O–H groups in total. The van der Waals surface area contributed by atoms with Crippen LogP contribution >= 0.6 is 15.9 Å². The van der Waals surface area contributed by atoms with Gasteiger partial charge < -0.3 is 10.6 Å². The molecule has 4 aromatic heterocycles. The van der Waals surface area contributed by atoms with E-state index in [-0.39, 0.29) is 29.4 Å². The van der Waals surface area contributed by atoms with Crippen LogP contribution in [0, 0.1) is 11.6 Å². The van der Waals surface area contributed by atoms with Crippen LogP contribution in [-0.2, 0) is 0 Å². The summed E-state index contributed by atoms with van der Waals surface area (Å²) in [4.78, 5) is 37.9. The maximum atomic E-state index is 13.3. The molecule has 8 aromatic rings. The topological polar surface area (TPSA) is 128 Å². The molecule has 57 heavy (non-hydrogen) atoms. The highest BCUT2D eigenvalue weighted by atomic mass is 79.9. The molecule has 0 aliphatic heterocycles. The van der Waals surface area contributed by atoms with E-state index in [2.05, 4.69) is 75.5 Å². The monoisotopic (exact) mass is 824 g/mol. The van der Waals surface area contributed by atoms with Crippen LogP contribution in [-0.4, -0.2) is 45.3 Å². The number of benzene rings is 4. The molecule has 0 bridgehead atoms. The van der Waals surface area contributed by atoms with Crippen molar-refractivity contribution in [2.45, 2.75) is 25.9 Å². The number of hydrogen-bond acceptors (Lipinski definition) is 9. The summed E-state index contributed by atoms with van der Waals surface area (Å²) in [5, 5.41) is 6.61. The third kappa shape index (κ3) is 9.48. The average molecular weight is 826 g/mol. The number of carbonyl (C=O) groups excluding carboxylic acids is 1. The largest absolute Gasteiger partial charge is 0.348 e. The van der Waals surface area contributed by atoms with Crippen molar-refractivity contribution in [3.05, 3.63) is 179 Å². The molecule has 0 aliphatic rings. The highest BCUT2D eigenvalue weighted by Gasteiger charge is 2.16. The molecule has 0 aliphatic carbocycles. The van der Waals surface area contributed by atoms with Gasteiger partial charge in [-0.15, -0.1) is 0 Å². The first-order valence-corrected chi connectivity index (χ1v) is 18.6. The first-order chi connectivity index (χ1) is 27.7. The Hall–Kier alpha value is -6.93. The molecule has 0 saturated carbocycles. The SMILES string of the molecule is C[C@H](Nc1nccc(-n2cc(Br)nc2-c2ccc(F)cc2)n1)c1ccccc1.C[C@H](Nc1nccc(-n2cc(C=O)nc2-c2ccc(F)cc2)n1)c1ccccc1. The van der Waals surface area contributed by atoms with E-state index in [1.54, 1.807) is 59.6 Å². The number of aromatic nitrogens is 8. The minimum atomic E-state index is -0.342. The molecule has 0 amide bonds. The Morgan fingerprint density at radius 3 is 1.47 bits per heavy atom. The molecule has 0 spiro atoms. The standard InChI is InChI=1S/C22H18FN5O.C21H17BrFN5/c1-15(16-5-3-2-4-6-16)25-22-24-12-11-20(27-22)28-13-19(14-29)26-21(28)17-7-9-18(23)10-8-17;1-14(15-5-3-2-4-6-15)25-21-24-12-11-19(27-21)28-13-18(22)26-20(28)16-7-9-17(23)10-8-16/h2-15H,1H3,(H,24,25,27);2-14H,1H3,(H,24,25,27)/t15-;14-/m00/s1. The second-order valence-corrected chi connectivity index (χ2v) is 13.6. The molecule has 0 radical (unpaired) electrons. The van der Waals surface area contributed by atoms with E-state index in [1.807, 2.05) is 66.2 Å². The fraction of sp³-hybridized carbons (Fsp3) is 0.0930. The minimum absolute atomic E-state index is 0.0105. The maximum absolute atomic E-state index is 13.3. The molecular weight excluding hydrogens is 790 g/mol. The van der Waals surface area contributed by atoms with Crippen molar-refractivity contribution < 1.29 is 13.6 Å². The van der Waals surface area contributed by atoms with Gasteiger partial charge in [-0.25, -0.2) is 28.7 Å². The van der Waals surface area contributed by atoms with Gasteiger partial charge in [0.2, 0.25) is 11.9 Å². The van der Waals surface area contributed by atoms with Crippen LogP contribution in [0.25, 0.3) is 34.4 Å². The van der Waals surface area contributed by atoms with E-state index >= 15 is 0 Å². The summed E-state index contributed by atoms with van der Waals surface area (Å²) in [7, 11) is 0. The van der Waals surface area contributed by atoms with E-state index in [0.717, 1.165) is 16.7 Å². The lowest BCUT2D eigenvalue weighted by Gasteiger charge is -2.15. The number of anilines is 2. The van der Waals surface area contributed by atoms with Gasteiger partial charge >= 0.3 is 0 Å². The van der Waals surface area contributed by atoms with Gasteiger partial charge in [0.05, 0.1) is 12.1 Å². The second kappa shape index (κ2) is 17.7. The zero-order valence-electron chi connectivity index (χ0n) is 30.7. The molecule has 11 nitrogen and oxygen atoms in total. The van der Waals surface area contributed by atoms with Crippen LogP contribution in [0.2, 0.25) is 0 Å². The Balaban J connectivity index is 0.000000174. The van der Waals surface area contributed by atoms with E-state index in [1.165, 1.54) is 24.3 Å². The van der Waals surface area contributed by atoms with Crippen molar-refractivity contribution in [2.24, 2.45) is 0 Å². The fourth-order valence-corrected chi connectivity index (χ4v) is 6.28. The minimum Gasteiger partial charge on any atom is -0.348 e. The predicted octanol–water partition coefficient (Wildman–Crippen LogP) is 9.86. The van der Waals surface area contributed by atoms with Crippen molar-refractivity contribution >= 4 is 34.1 Å². The quantitative estimate of drug-likeness (QED) is 0.123. The molecule has 2 atom stereocenters. The number of nitrogens with zero attached hydrogens (tertiary/aromatic N) is 8. The second-order valence-electron chi connectivity index (χ2n) is 12.8. The molecule has 4 aromatic carbocycles. The van der Waals surface area contributed by atoms with Crippen LogP contribution < -0.4 is 10.6 Å². The summed E-state index contributed by atoms with van der Waals surface area (Å²) >= 11 is 3.42. The third-order valence-corrected chi connectivity index (χ3v) is 9.17. The van der Waals surface area contributed by atoms with E-state index < -0.39 is 0 Å². The summed E-state index contributed by atoms with van der Waals surface area (Å²) in [5.41, 5.74) is 3.98. The van der Waals surface area contributed by atoms with Gasteiger partial charge in [-0.2, -0.15) is 9.97 Å². The predicted molar refractivity (Wildman–Crippen MR) is 219 cm³/mol. The van der Waals surface area contributed by atoms with Crippen molar-refractivity contribution in [3.63, 3.8) is 0 Å². The van der Waals surface area contributed by atoms with Crippen LogP contribution in [0.15, 0.2) is 151 Å². The van der Waals surface area contributed by atoms with Gasteiger partial charge in [-0.05, 0) is 102 Å². The smallest absolute Gasteiger partial charge is 0.225 e. The highest BCUT2D eigenvalue weighted by Crippen LogP contribution is 2.27. The Morgan fingerprint density at radius 1 is 0.579 bits per heavy atom. The van der Waals surface area contributed by atoms with Crippen molar-refractivity contribution in [1.29, 1.82) is 0 Å². The summed E-state index contributed by atoms with van der Waals surface area (Å²) in [6.45, 7) is 4.08. The molecule has 284 valence electrons. The highest BCUT2D eigenvalue weighted by molar-refractivity contribution is 9.10. The van der Waals surface area contributed by atoms with Crippen LogP contribution in [0.4, 0.5) is 20.7 Å². The van der Waals surface area contributed by atoms with Crippen molar-refractivity contribution in [2.75, 3.05) is 10.6 Å². The number of carbonyl (C=O) groups is 1. The summed E-state index contributed by atoms with van der Waals surface area (Å²) in [6.07, 6.45) is 7.42. The van der Waals surface area contributed by atoms with E-state index in [9.17, 15) is 13.6 Å². The first kappa shape index (κ1) is 38.3. The van der Waals surface area contributed by atoms with Crippen LogP contribution in [0.5, 0.6) is 0 Å². The van der Waals surface area contributed by atoms with Crippen LogP contribution in [0.1, 0.15) is 47.5 Å². The fourth-order valence-electron chi connectivity index (χ4n) is 5.90. The van der Waals surface area contributed by atoms with Crippen molar-refractivity contribution in [3.8, 4) is 34.4 Å². The van der Waals surface area contributed by atoms with Gasteiger partial charge in [0, 0.05) is 35.9 Å². The summed E-state index contributed by atoms with van der Waals surface area (Å²) < 4.78 is 30.8. The Bertz CT molecular complexity index is 2570. The van der Waals surface area contributed by atoms with Gasteiger partial charge in [0.1, 0.15) is 45.2 Å². The van der Waals surface area contributed by atoms with Gasteiger partial charge in [-0.1, -0.05) is 60.7 Å². The summed E-state index contributed by atoms with van der Waals surface area (Å²) in [6, 6.07) is 35.8. The lowest BCUT2D eigenvalue weighted by atomic mass is 10.1. The first-order valence-electron chi connectivity index (χ1n) is 17.8. The normalized spacial score (nSPS) is 11.9. The maximum Gasteiger partial charge on any atom is 0.225 e.